The fraction of sp³-hybridized carbons (Fsp3) is 0.0625. The zero-order valence-corrected chi connectivity index (χ0v) is 22.3. The Balaban J connectivity index is 1.44. The van der Waals surface area contributed by atoms with E-state index in [4.69, 9.17) is 9.47 Å². The number of anilines is 2. The van der Waals surface area contributed by atoms with Gasteiger partial charge in [0.05, 0.1) is 31.2 Å². The number of benzene rings is 5. The van der Waals surface area contributed by atoms with Crippen molar-refractivity contribution in [3.63, 3.8) is 0 Å². The summed E-state index contributed by atoms with van der Waals surface area (Å²) in [7, 11) is 3.08. The van der Waals surface area contributed by atoms with Gasteiger partial charge in [0.25, 0.3) is 11.8 Å². The Labute approximate surface area is 236 Å². The number of rotatable bonds is 8. The van der Waals surface area contributed by atoms with Gasteiger partial charge in [-0.15, -0.1) is 5.11 Å². The van der Waals surface area contributed by atoms with Crippen molar-refractivity contribution in [3.8, 4) is 17.2 Å². The number of hydrogen-bond acceptors (Lipinski definition) is 7. The fourth-order valence-corrected chi connectivity index (χ4v) is 4.22. The molecule has 5 rings (SSSR count). The minimum absolute atomic E-state index is 0.0242. The number of hydrogen-bond donors (Lipinski definition) is 3. The second-order valence-electron chi connectivity index (χ2n) is 8.93. The van der Waals surface area contributed by atoms with Gasteiger partial charge in [-0.1, -0.05) is 42.5 Å². The van der Waals surface area contributed by atoms with E-state index in [0.29, 0.717) is 44.9 Å². The molecule has 5 aromatic carbocycles. The van der Waals surface area contributed by atoms with Crippen LogP contribution in [0.5, 0.6) is 17.2 Å². The van der Waals surface area contributed by atoms with Gasteiger partial charge < -0.3 is 25.2 Å². The summed E-state index contributed by atoms with van der Waals surface area (Å²) in [5.74, 6) is -0.0188. The molecule has 0 fully saturated rings. The van der Waals surface area contributed by atoms with E-state index < -0.39 is 5.91 Å². The summed E-state index contributed by atoms with van der Waals surface area (Å²) >= 11 is 0. The van der Waals surface area contributed by atoms with Crippen LogP contribution in [0.15, 0.2) is 113 Å². The lowest BCUT2D eigenvalue weighted by Gasteiger charge is -2.13. The molecular weight excluding hydrogens is 520 g/mol. The predicted molar refractivity (Wildman–Crippen MR) is 158 cm³/mol. The minimum atomic E-state index is -0.536. The van der Waals surface area contributed by atoms with Gasteiger partial charge in [-0.05, 0) is 66.0 Å². The maximum atomic E-state index is 13.2. The van der Waals surface area contributed by atoms with Crippen molar-refractivity contribution in [2.45, 2.75) is 0 Å². The third-order valence-corrected chi connectivity index (χ3v) is 6.32. The van der Waals surface area contributed by atoms with Crippen LogP contribution in [0.2, 0.25) is 0 Å². The van der Waals surface area contributed by atoms with Crippen molar-refractivity contribution < 1.29 is 24.2 Å². The largest absolute Gasteiger partial charge is 0.505 e. The van der Waals surface area contributed by atoms with Gasteiger partial charge in [0.2, 0.25) is 0 Å². The molecule has 0 bridgehead atoms. The molecule has 0 aliphatic rings. The number of carbonyl (C=O) groups is 2. The number of azo groups is 1. The van der Waals surface area contributed by atoms with Crippen LogP contribution in [-0.2, 0) is 0 Å². The zero-order valence-electron chi connectivity index (χ0n) is 22.3. The molecule has 0 spiro atoms. The molecule has 0 radical (unpaired) electrons. The van der Waals surface area contributed by atoms with E-state index in [2.05, 4.69) is 20.9 Å². The van der Waals surface area contributed by atoms with Crippen LogP contribution in [0.4, 0.5) is 22.7 Å². The third-order valence-electron chi connectivity index (χ3n) is 6.32. The monoisotopic (exact) mass is 546 g/mol. The number of carbonyl (C=O) groups excluding carboxylic acids is 2. The summed E-state index contributed by atoms with van der Waals surface area (Å²) in [6.45, 7) is 0. The molecule has 0 aliphatic heterocycles. The number of nitrogens with zero attached hydrogens (tertiary/aromatic N) is 2. The van der Waals surface area contributed by atoms with Gasteiger partial charge in [0.15, 0.2) is 5.75 Å². The Morgan fingerprint density at radius 2 is 1.49 bits per heavy atom. The highest BCUT2D eigenvalue weighted by molar-refractivity contribution is 6.12. The van der Waals surface area contributed by atoms with Crippen molar-refractivity contribution >= 4 is 45.3 Å². The fourth-order valence-electron chi connectivity index (χ4n) is 4.22. The number of aromatic hydroxyl groups is 1. The van der Waals surface area contributed by atoms with Crippen molar-refractivity contribution in [2.75, 3.05) is 24.9 Å². The SMILES string of the molecule is COc1ccc(NC(=O)c2cccc(N=Nc3c(O)c(C(=O)Nc4ccccc4OC)cc4ccccc34)c2)cc1. The Morgan fingerprint density at radius 1 is 0.732 bits per heavy atom. The van der Waals surface area contributed by atoms with E-state index >= 15 is 0 Å². The molecule has 0 saturated carbocycles. The van der Waals surface area contributed by atoms with Crippen LogP contribution in [0.1, 0.15) is 20.7 Å². The van der Waals surface area contributed by atoms with Crippen LogP contribution in [0, 0.1) is 0 Å². The van der Waals surface area contributed by atoms with Crippen LogP contribution in [0.3, 0.4) is 0 Å². The molecule has 0 unspecified atom stereocenters. The molecular formula is C32H26N4O5. The Morgan fingerprint density at radius 3 is 2.27 bits per heavy atom. The van der Waals surface area contributed by atoms with Crippen LogP contribution in [-0.4, -0.2) is 31.1 Å². The van der Waals surface area contributed by atoms with Gasteiger partial charge in [0, 0.05) is 16.6 Å². The number of phenolic OH excluding ortho intramolecular Hbond substituents is 1. The molecule has 3 N–H and O–H groups in total. The van der Waals surface area contributed by atoms with Gasteiger partial charge in [-0.2, -0.15) is 5.11 Å². The standard InChI is InChI=1S/C32H26N4O5/c1-40-24-16-14-22(15-17-24)33-31(38)21-9-7-10-23(18-21)35-36-29-25-11-4-3-8-20(25)19-26(30(29)37)32(39)34-27-12-5-6-13-28(27)41-2/h3-19,37H,1-2H3,(H,33,38)(H,34,39). The quantitative estimate of drug-likeness (QED) is 0.174. The molecule has 0 saturated heterocycles. The first-order valence-electron chi connectivity index (χ1n) is 12.6. The predicted octanol–water partition coefficient (Wildman–Crippen LogP) is 7.48. The van der Waals surface area contributed by atoms with Crippen molar-refractivity contribution in [1.82, 2.24) is 0 Å². The molecule has 0 aliphatic carbocycles. The van der Waals surface area contributed by atoms with Crippen LogP contribution >= 0.6 is 0 Å². The van der Waals surface area contributed by atoms with E-state index in [-0.39, 0.29) is 22.9 Å². The Hall–Kier alpha value is -5.70. The molecule has 2 amide bonds. The van der Waals surface area contributed by atoms with Crippen molar-refractivity contribution in [1.29, 1.82) is 0 Å². The van der Waals surface area contributed by atoms with Crippen LogP contribution in [0.25, 0.3) is 10.8 Å². The van der Waals surface area contributed by atoms with Gasteiger partial charge >= 0.3 is 0 Å². The summed E-state index contributed by atoms with van der Waals surface area (Å²) in [4.78, 5) is 26.1. The topological polar surface area (TPSA) is 122 Å². The van der Waals surface area contributed by atoms with E-state index in [0.717, 1.165) is 0 Å². The number of amides is 2. The normalized spacial score (nSPS) is 10.9. The first-order valence-corrected chi connectivity index (χ1v) is 12.6. The zero-order chi connectivity index (χ0) is 28.8. The molecule has 9 heteroatoms. The average molecular weight is 547 g/mol. The third kappa shape index (κ3) is 5.99. The van der Waals surface area contributed by atoms with Gasteiger partial charge in [0.1, 0.15) is 17.2 Å². The lowest BCUT2D eigenvalue weighted by atomic mass is 10.0. The molecule has 9 nitrogen and oxygen atoms in total. The number of nitrogens with one attached hydrogen (secondary N) is 2. The lowest BCUT2D eigenvalue weighted by molar-refractivity contribution is 0.101. The number of para-hydroxylation sites is 2. The number of phenols is 1. The molecule has 204 valence electrons. The van der Waals surface area contributed by atoms with Gasteiger partial charge in [-0.3, -0.25) is 9.59 Å². The summed E-state index contributed by atoms with van der Waals surface area (Å²) in [5, 5.41) is 26.7. The second-order valence-corrected chi connectivity index (χ2v) is 8.93. The van der Waals surface area contributed by atoms with E-state index in [1.165, 1.54) is 7.11 Å². The van der Waals surface area contributed by atoms with Crippen molar-refractivity contribution in [2.24, 2.45) is 10.2 Å². The van der Waals surface area contributed by atoms with E-state index in [1.54, 1.807) is 98.1 Å². The van der Waals surface area contributed by atoms with E-state index in [9.17, 15) is 14.7 Å². The lowest BCUT2D eigenvalue weighted by Crippen LogP contribution is -2.13. The summed E-state index contributed by atoms with van der Waals surface area (Å²) in [6, 6.07) is 29.4. The number of fused-ring (bicyclic) bond motifs is 1. The average Bonchev–Trinajstić information content (AvgIpc) is 3.01. The maximum absolute atomic E-state index is 13.2. The molecule has 5 aromatic rings. The highest BCUT2D eigenvalue weighted by atomic mass is 16.5. The number of methoxy groups -OCH3 is 2. The smallest absolute Gasteiger partial charge is 0.259 e. The molecule has 41 heavy (non-hydrogen) atoms. The number of ether oxygens (including phenoxy) is 2. The summed E-state index contributed by atoms with van der Waals surface area (Å²) < 4.78 is 10.5. The minimum Gasteiger partial charge on any atom is -0.505 e. The maximum Gasteiger partial charge on any atom is 0.259 e. The highest BCUT2D eigenvalue weighted by Gasteiger charge is 2.19. The Kier molecular flexibility index (Phi) is 7.87. The van der Waals surface area contributed by atoms with Crippen molar-refractivity contribution in [3.05, 3.63) is 114 Å². The second kappa shape index (κ2) is 12.0. The van der Waals surface area contributed by atoms with Gasteiger partial charge in [-0.25, -0.2) is 0 Å². The summed E-state index contributed by atoms with van der Waals surface area (Å²) in [6.07, 6.45) is 0. The molecule has 0 atom stereocenters. The molecule has 0 aromatic heterocycles. The highest BCUT2D eigenvalue weighted by Crippen LogP contribution is 2.40. The first-order chi connectivity index (χ1) is 20.0. The first kappa shape index (κ1) is 26.9. The Bertz CT molecular complexity index is 1770. The summed E-state index contributed by atoms with van der Waals surface area (Å²) in [5.41, 5.74) is 1.98. The van der Waals surface area contributed by atoms with Crippen LogP contribution < -0.4 is 20.1 Å². The molecule has 0 heterocycles. The van der Waals surface area contributed by atoms with E-state index in [1.807, 2.05) is 12.1 Å².